The Hall–Kier alpha value is -6.12. The average molecular weight is 588 g/mol. The highest BCUT2D eigenvalue weighted by molar-refractivity contribution is 6.22. The zero-order valence-electron chi connectivity index (χ0n) is 25.1. The first-order valence-electron chi connectivity index (χ1n) is 15.7. The monoisotopic (exact) mass is 587 g/mol. The smallest absolute Gasteiger partial charge is 0.145 e. The van der Waals surface area contributed by atoms with E-state index >= 15 is 0 Å². The van der Waals surface area contributed by atoms with Crippen molar-refractivity contribution in [1.82, 2.24) is 0 Å². The van der Waals surface area contributed by atoms with E-state index in [1.54, 1.807) is 0 Å². The summed E-state index contributed by atoms with van der Waals surface area (Å²) in [5.74, 6) is 0. The Kier molecular flexibility index (Phi) is 6.17. The molecule has 0 aliphatic heterocycles. The summed E-state index contributed by atoms with van der Waals surface area (Å²) in [4.78, 5) is 2.41. The van der Waals surface area contributed by atoms with Crippen molar-refractivity contribution < 1.29 is 4.42 Å². The van der Waals surface area contributed by atoms with Crippen LogP contribution in [-0.4, -0.2) is 0 Å². The van der Waals surface area contributed by atoms with Crippen LogP contribution >= 0.6 is 0 Å². The standard InChI is InChI=1S/C44H29NO/c1-2-12-30(13-3-1)32-24-26-36(27-25-32)45(40-20-10-8-17-37(40)35-23-22-31-14-4-5-15-33(31)28-35)41-29-34-16-6-7-18-38(34)44-43(41)39-19-9-11-21-42(39)46-44/h1-29H. The molecule has 1 heterocycles. The molecule has 8 aromatic carbocycles. The van der Waals surface area contributed by atoms with E-state index in [1.807, 2.05) is 6.07 Å². The SMILES string of the molecule is c1ccc(-c2ccc(N(c3ccccc3-c3ccc4ccccc4c3)c3cc4ccccc4c4oc5ccccc5c34)cc2)cc1. The predicted octanol–water partition coefficient (Wildman–Crippen LogP) is 12.7. The second kappa shape index (κ2) is 10.8. The van der Waals surface area contributed by atoms with Gasteiger partial charge in [-0.25, -0.2) is 0 Å². The molecule has 9 aromatic rings. The lowest BCUT2D eigenvalue weighted by Crippen LogP contribution is -2.11. The van der Waals surface area contributed by atoms with E-state index < -0.39 is 0 Å². The number of benzene rings is 8. The summed E-state index contributed by atoms with van der Waals surface area (Å²) in [6.45, 7) is 0. The first kappa shape index (κ1) is 26.3. The number of hydrogen-bond donors (Lipinski definition) is 0. The van der Waals surface area contributed by atoms with Crippen LogP contribution in [0.2, 0.25) is 0 Å². The molecule has 0 spiro atoms. The number of para-hydroxylation sites is 2. The highest BCUT2D eigenvalue weighted by Gasteiger charge is 2.23. The molecule has 0 saturated heterocycles. The molecule has 0 radical (unpaired) electrons. The second-order valence-electron chi connectivity index (χ2n) is 11.7. The van der Waals surface area contributed by atoms with Gasteiger partial charge in [0, 0.05) is 22.0 Å². The Balaban J connectivity index is 1.35. The normalized spacial score (nSPS) is 11.5. The number of nitrogens with zero attached hydrogens (tertiary/aromatic N) is 1. The quantitative estimate of drug-likeness (QED) is 0.199. The Morgan fingerprint density at radius 1 is 0.391 bits per heavy atom. The Morgan fingerprint density at radius 2 is 1.02 bits per heavy atom. The minimum atomic E-state index is 0.886. The van der Waals surface area contributed by atoms with Gasteiger partial charge in [-0.2, -0.15) is 0 Å². The molecule has 0 fully saturated rings. The molecular formula is C44H29NO. The fourth-order valence-electron chi connectivity index (χ4n) is 6.83. The first-order valence-corrected chi connectivity index (χ1v) is 15.7. The van der Waals surface area contributed by atoms with E-state index in [1.165, 1.54) is 27.5 Å². The summed E-state index contributed by atoms with van der Waals surface area (Å²) >= 11 is 0. The number of rotatable bonds is 5. The number of fused-ring (bicyclic) bond motifs is 6. The van der Waals surface area contributed by atoms with Crippen molar-refractivity contribution in [2.45, 2.75) is 0 Å². The molecular weight excluding hydrogens is 558 g/mol. The topological polar surface area (TPSA) is 16.4 Å². The van der Waals surface area contributed by atoms with E-state index in [-0.39, 0.29) is 0 Å². The van der Waals surface area contributed by atoms with Crippen molar-refractivity contribution in [3.8, 4) is 22.3 Å². The van der Waals surface area contributed by atoms with Gasteiger partial charge in [-0.15, -0.1) is 0 Å². The molecule has 0 N–H and O–H groups in total. The zero-order valence-corrected chi connectivity index (χ0v) is 25.1. The van der Waals surface area contributed by atoms with Crippen LogP contribution in [0.3, 0.4) is 0 Å². The lowest BCUT2D eigenvalue weighted by molar-refractivity contribution is 0.672. The van der Waals surface area contributed by atoms with Gasteiger partial charge in [0.1, 0.15) is 11.2 Å². The average Bonchev–Trinajstić information content (AvgIpc) is 3.53. The van der Waals surface area contributed by atoms with Crippen molar-refractivity contribution >= 4 is 60.5 Å². The Labute approximate surface area is 267 Å². The lowest BCUT2D eigenvalue weighted by atomic mass is 9.97. The van der Waals surface area contributed by atoms with Crippen molar-refractivity contribution in [3.63, 3.8) is 0 Å². The molecule has 9 rings (SSSR count). The fraction of sp³-hybridized carbons (Fsp3) is 0. The third-order valence-corrected chi connectivity index (χ3v) is 9.03. The van der Waals surface area contributed by atoms with E-state index in [4.69, 9.17) is 4.42 Å². The molecule has 1 aromatic heterocycles. The molecule has 0 aliphatic rings. The maximum Gasteiger partial charge on any atom is 0.145 e. The molecule has 2 heteroatoms. The largest absolute Gasteiger partial charge is 0.455 e. The molecule has 0 aliphatic carbocycles. The van der Waals surface area contributed by atoms with E-state index in [2.05, 4.69) is 175 Å². The summed E-state index contributed by atoms with van der Waals surface area (Å²) in [6.07, 6.45) is 0. The molecule has 0 unspecified atom stereocenters. The van der Waals surface area contributed by atoms with Gasteiger partial charge in [0.05, 0.1) is 16.8 Å². The summed E-state index contributed by atoms with van der Waals surface area (Å²) in [6, 6.07) is 62.7. The maximum atomic E-state index is 6.64. The van der Waals surface area contributed by atoms with Gasteiger partial charge in [-0.1, -0.05) is 140 Å². The van der Waals surface area contributed by atoms with Gasteiger partial charge >= 0.3 is 0 Å². The first-order chi connectivity index (χ1) is 22.8. The van der Waals surface area contributed by atoms with Gasteiger partial charge in [-0.3, -0.25) is 0 Å². The molecule has 0 bridgehead atoms. The summed E-state index contributed by atoms with van der Waals surface area (Å²) in [5.41, 5.74) is 9.78. The fourth-order valence-corrected chi connectivity index (χ4v) is 6.83. The van der Waals surface area contributed by atoms with Gasteiger partial charge in [0.2, 0.25) is 0 Å². The van der Waals surface area contributed by atoms with Crippen LogP contribution in [0.25, 0.3) is 65.7 Å². The third-order valence-electron chi connectivity index (χ3n) is 9.03. The summed E-state index contributed by atoms with van der Waals surface area (Å²) < 4.78 is 6.64. The van der Waals surface area contributed by atoms with Gasteiger partial charge in [0.15, 0.2) is 0 Å². The maximum absolute atomic E-state index is 6.64. The third kappa shape index (κ3) is 4.35. The van der Waals surface area contributed by atoms with E-state index in [9.17, 15) is 0 Å². The van der Waals surface area contributed by atoms with Crippen molar-refractivity contribution in [2.24, 2.45) is 0 Å². The minimum absolute atomic E-state index is 0.886. The van der Waals surface area contributed by atoms with Crippen molar-refractivity contribution in [2.75, 3.05) is 4.90 Å². The molecule has 0 saturated carbocycles. The van der Waals surface area contributed by atoms with Crippen LogP contribution < -0.4 is 4.90 Å². The summed E-state index contributed by atoms with van der Waals surface area (Å²) in [5, 5.41) is 6.92. The number of furan rings is 1. The Morgan fingerprint density at radius 3 is 1.87 bits per heavy atom. The van der Waals surface area contributed by atoms with E-state index in [0.717, 1.165) is 55.3 Å². The highest BCUT2D eigenvalue weighted by atomic mass is 16.3. The molecule has 2 nitrogen and oxygen atoms in total. The lowest BCUT2D eigenvalue weighted by Gasteiger charge is -2.29. The molecule has 0 atom stereocenters. The molecule has 46 heavy (non-hydrogen) atoms. The van der Waals surface area contributed by atoms with Crippen molar-refractivity contribution in [1.29, 1.82) is 0 Å². The van der Waals surface area contributed by atoms with Gasteiger partial charge < -0.3 is 9.32 Å². The van der Waals surface area contributed by atoms with Gasteiger partial charge in [0.25, 0.3) is 0 Å². The van der Waals surface area contributed by atoms with Gasteiger partial charge in [-0.05, 0) is 69.2 Å². The number of hydrogen-bond acceptors (Lipinski definition) is 2. The minimum Gasteiger partial charge on any atom is -0.455 e. The van der Waals surface area contributed by atoms with Crippen molar-refractivity contribution in [3.05, 3.63) is 176 Å². The van der Waals surface area contributed by atoms with Crippen LogP contribution in [0.5, 0.6) is 0 Å². The highest BCUT2D eigenvalue weighted by Crippen LogP contribution is 2.48. The van der Waals surface area contributed by atoms with Crippen LogP contribution in [0, 0.1) is 0 Å². The molecule has 216 valence electrons. The Bertz CT molecular complexity index is 2530. The predicted molar refractivity (Wildman–Crippen MR) is 194 cm³/mol. The van der Waals surface area contributed by atoms with Crippen LogP contribution in [0.15, 0.2) is 180 Å². The number of anilines is 3. The molecule has 0 amide bonds. The van der Waals surface area contributed by atoms with Crippen LogP contribution in [0.1, 0.15) is 0 Å². The second-order valence-corrected chi connectivity index (χ2v) is 11.7. The zero-order chi connectivity index (χ0) is 30.5. The summed E-state index contributed by atoms with van der Waals surface area (Å²) in [7, 11) is 0. The van der Waals surface area contributed by atoms with Crippen LogP contribution in [-0.2, 0) is 0 Å². The van der Waals surface area contributed by atoms with E-state index in [0.29, 0.717) is 0 Å². The van der Waals surface area contributed by atoms with Crippen LogP contribution in [0.4, 0.5) is 17.1 Å².